The topological polar surface area (TPSA) is 217 Å². The molecule has 0 aromatic heterocycles. The zero-order valence-corrected chi connectivity index (χ0v) is 7.72. The fourth-order valence-electron chi connectivity index (χ4n) is 0.362. The lowest BCUT2D eigenvalue weighted by Gasteiger charge is -2.06. The number of guanidine groups is 2. The summed E-state index contributed by atoms with van der Waals surface area (Å²) in [6.45, 7) is 0. The molecule has 0 saturated carbocycles. The summed E-state index contributed by atoms with van der Waals surface area (Å²) in [5.41, 5.74) is 4.92. The summed E-state index contributed by atoms with van der Waals surface area (Å²) >= 11 is 0. The van der Waals surface area contributed by atoms with Gasteiger partial charge in [0.15, 0.2) is 0 Å². The lowest BCUT2D eigenvalue weighted by molar-refractivity contribution is -0.351. The highest BCUT2D eigenvalue weighted by molar-refractivity contribution is 5.93. The van der Waals surface area contributed by atoms with E-state index in [4.69, 9.17) is 17.4 Å². The number of azo groups is 1. The van der Waals surface area contributed by atoms with E-state index >= 15 is 0 Å². The van der Waals surface area contributed by atoms with Crippen LogP contribution in [-0.2, 0) is 0 Å². The maximum absolute atomic E-state index is 10.0. The van der Waals surface area contributed by atoms with E-state index in [1.165, 1.54) is 0 Å². The first-order valence-corrected chi connectivity index (χ1v) is 3.40. The Balaban J connectivity index is 0.000000293. The first kappa shape index (κ1) is 13.3. The van der Waals surface area contributed by atoms with Crippen molar-refractivity contribution < 1.29 is 9.72 Å². The molecule has 1 aliphatic rings. The summed E-state index contributed by atoms with van der Waals surface area (Å²) in [5, 5.41) is 18.9. The molecule has 0 aromatic carbocycles. The zero-order valence-electron chi connectivity index (χ0n) is 7.72. The molecule has 0 atom stereocenters. The molecule has 13 nitrogen and oxygen atoms in total. The molecule has 0 radical (unpaired) electrons. The number of carbonyl (C=O) groups excluding carboxylic acids is 1. The molecule has 1 rings (SSSR count). The maximum Gasteiger partial charge on any atom is 0.496 e. The predicted molar refractivity (Wildman–Crippen MR) is 50.7 cm³/mol. The predicted octanol–water partition coefficient (Wildman–Crippen LogP) is -2.57. The second-order valence-corrected chi connectivity index (χ2v) is 2.05. The van der Waals surface area contributed by atoms with Crippen LogP contribution in [0.1, 0.15) is 0 Å². The number of hydrogen-bond donors (Lipinski definition) is 4. The number of carbonyl (C=O) groups is 1. The molecule has 0 saturated heterocycles. The van der Waals surface area contributed by atoms with E-state index in [1.807, 2.05) is 0 Å². The Hall–Kier alpha value is -2.67. The first-order valence-electron chi connectivity index (χ1n) is 3.40. The largest absolute Gasteiger partial charge is 0.496 e. The van der Waals surface area contributed by atoms with Crippen LogP contribution < -0.4 is 23.3 Å². The van der Waals surface area contributed by atoms with Crippen molar-refractivity contribution in [2.45, 2.75) is 0 Å². The van der Waals surface area contributed by atoms with E-state index in [1.54, 1.807) is 0 Å². The van der Waals surface area contributed by atoms with Crippen molar-refractivity contribution in [3.63, 3.8) is 0 Å². The van der Waals surface area contributed by atoms with Crippen LogP contribution in [0.2, 0.25) is 0 Å². The third-order valence-corrected chi connectivity index (χ3v) is 0.981. The van der Waals surface area contributed by atoms with Gasteiger partial charge in [0.05, 0.1) is 5.11 Å². The molecular formula is C3H8N10O3. The summed E-state index contributed by atoms with van der Waals surface area (Å²) in [6.07, 6.45) is 0. The Morgan fingerprint density at radius 3 is 2.12 bits per heavy atom. The number of hydrazone groups is 1. The summed E-state index contributed by atoms with van der Waals surface area (Å²) in [5.74, 6) is 13.4. The number of nitrogens with two attached hydrogens (primary N) is 4. The van der Waals surface area contributed by atoms with Gasteiger partial charge in [-0.25, -0.2) is 21.6 Å². The molecule has 0 aliphatic carbocycles. The third-order valence-electron chi connectivity index (χ3n) is 0.981. The van der Waals surface area contributed by atoms with Crippen molar-refractivity contribution in [3.8, 4) is 0 Å². The van der Waals surface area contributed by atoms with Crippen molar-refractivity contribution in [2.24, 2.45) is 43.6 Å². The molecule has 0 fully saturated rings. The van der Waals surface area contributed by atoms with E-state index in [0.29, 0.717) is 5.12 Å². The van der Waals surface area contributed by atoms with Gasteiger partial charge in [-0.2, -0.15) is 0 Å². The zero-order chi connectivity index (χ0) is 12.7. The minimum absolute atomic E-state index is 0.111. The van der Waals surface area contributed by atoms with Crippen molar-refractivity contribution in [3.05, 3.63) is 10.1 Å². The van der Waals surface area contributed by atoms with Gasteiger partial charge in [-0.15, -0.1) is 5.10 Å². The SMILES string of the molecule is NN=C(N)N(N)N.O=C1N=NC([N+](=O)[O-])=N1. The fourth-order valence-corrected chi connectivity index (χ4v) is 0.362. The number of nitro groups is 1. The summed E-state index contributed by atoms with van der Waals surface area (Å²) in [4.78, 5) is 21.7. The number of aliphatic imine (C=N–C) groups is 1. The van der Waals surface area contributed by atoms with Gasteiger partial charge in [0.25, 0.3) is 0 Å². The highest BCUT2D eigenvalue weighted by atomic mass is 16.6. The molecule has 0 spiro atoms. The number of hydrazine groups is 2. The molecule has 1 aliphatic heterocycles. The van der Waals surface area contributed by atoms with Crippen LogP contribution in [0.4, 0.5) is 4.79 Å². The standard InChI is InChI=1S/C2N4O3.CH8N6/c7-2-3-1(4-5-2)6(8)9;2-1(6-3)7(4)5/h;3-5H2,(H2,2,6). The van der Waals surface area contributed by atoms with Gasteiger partial charge in [0.2, 0.25) is 5.96 Å². The number of urea groups is 1. The maximum atomic E-state index is 10.0. The number of amides is 2. The van der Waals surface area contributed by atoms with E-state index in [0.717, 1.165) is 0 Å². The van der Waals surface area contributed by atoms with Crippen LogP contribution in [0.15, 0.2) is 20.3 Å². The van der Waals surface area contributed by atoms with Gasteiger partial charge in [-0.05, 0) is 4.92 Å². The minimum Gasteiger partial charge on any atom is -0.390 e. The van der Waals surface area contributed by atoms with Crippen molar-refractivity contribution in [1.29, 1.82) is 0 Å². The van der Waals surface area contributed by atoms with Gasteiger partial charge in [0, 0.05) is 10.1 Å². The average Bonchev–Trinajstić information content (AvgIpc) is 2.64. The fraction of sp³-hybridized carbons (Fsp3) is 0. The third kappa shape index (κ3) is 4.53. The summed E-state index contributed by atoms with van der Waals surface area (Å²) in [7, 11) is 0. The molecular weight excluding hydrogens is 224 g/mol. The molecule has 2 amide bonds. The monoisotopic (exact) mass is 232 g/mol. The smallest absolute Gasteiger partial charge is 0.390 e. The van der Waals surface area contributed by atoms with E-state index < -0.39 is 16.9 Å². The lowest BCUT2D eigenvalue weighted by Crippen LogP contribution is -2.48. The average molecular weight is 232 g/mol. The number of nitrogens with zero attached hydrogens (tertiary/aromatic N) is 6. The van der Waals surface area contributed by atoms with Gasteiger partial charge in [0.1, 0.15) is 0 Å². The second-order valence-electron chi connectivity index (χ2n) is 2.05. The van der Waals surface area contributed by atoms with Crippen molar-refractivity contribution in [2.75, 3.05) is 0 Å². The molecule has 1 heterocycles. The Morgan fingerprint density at radius 2 is 2.00 bits per heavy atom. The van der Waals surface area contributed by atoms with Gasteiger partial charge >= 0.3 is 12.0 Å². The Bertz CT molecular complexity index is 368. The van der Waals surface area contributed by atoms with Crippen LogP contribution in [0.5, 0.6) is 0 Å². The van der Waals surface area contributed by atoms with E-state index in [2.05, 4.69) is 26.2 Å². The second kappa shape index (κ2) is 5.94. The van der Waals surface area contributed by atoms with Crippen molar-refractivity contribution in [1.82, 2.24) is 5.12 Å². The van der Waals surface area contributed by atoms with Crippen LogP contribution in [0.3, 0.4) is 0 Å². The van der Waals surface area contributed by atoms with Crippen LogP contribution in [-0.4, -0.2) is 28.0 Å². The van der Waals surface area contributed by atoms with E-state index in [-0.39, 0.29) is 5.96 Å². The highest BCUT2D eigenvalue weighted by Crippen LogP contribution is 1.97. The van der Waals surface area contributed by atoms with Gasteiger partial charge in [-0.3, -0.25) is 0 Å². The normalized spacial score (nSPS) is 14.0. The Morgan fingerprint density at radius 1 is 1.44 bits per heavy atom. The summed E-state index contributed by atoms with van der Waals surface area (Å²) < 4.78 is 0. The van der Waals surface area contributed by atoms with Gasteiger partial charge < -0.3 is 21.7 Å². The summed E-state index contributed by atoms with van der Waals surface area (Å²) in [6, 6.07) is -0.929. The first-order chi connectivity index (χ1) is 7.38. The highest BCUT2D eigenvalue weighted by Gasteiger charge is 2.23. The quantitative estimate of drug-likeness (QED) is 0.114. The molecule has 88 valence electrons. The van der Waals surface area contributed by atoms with Crippen LogP contribution in [0, 0.1) is 10.1 Å². The number of rotatable bonds is 0. The van der Waals surface area contributed by atoms with Crippen molar-refractivity contribution >= 4 is 18.0 Å². The number of hydrogen-bond acceptors (Lipinski definition) is 8. The van der Waals surface area contributed by atoms with Crippen LogP contribution >= 0.6 is 0 Å². The minimum atomic E-state index is -0.929. The molecule has 16 heavy (non-hydrogen) atoms. The molecule has 0 bridgehead atoms. The van der Waals surface area contributed by atoms with Crippen LogP contribution in [0.25, 0.3) is 0 Å². The molecule has 0 aromatic rings. The van der Waals surface area contributed by atoms with E-state index in [9.17, 15) is 14.9 Å². The molecule has 8 N–H and O–H groups in total. The molecule has 0 unspecified atom stereocenters. The Labute approximate surface area is 87.6 Å². The van der Waals surface area contributed by atoms with Gasteiger partial charge in [-0.1, -0.05) is 0 Å². The molecule has 13 heteroatoms. The Kier molecular flexibility index (Phi) is 4.94. The lowest BCUT2D eigenvalue weighted by atomic mass is 11.0.